The van der Waals surface area contributed by atoms with Crippen LogP contribution < -0.4 is 9.64 Å². The molecule has 0 spiro atoms. The van der Waals surface area contributed by atoms with Crippen LogP contribution in [0.5, 0.6) is 11.8 Å². The number of ether oxygens (including phenoxy) is 1. The molecule has 0 unspecified atom stereocenters. The van der Waals surface area contributed by atoms with E-state index in [1.807, 2.05) is 61.6 Å². The molecular formula is C18H18N4O. The third kappa shape index (κ3) is 3.45. The van der Waals surface area contributed by atoms with Crippen molar-refractivity contribution < 1.29 is 4.74 Å². The smallest absolute Gasteiger partial charge is 0.321 e. The number of benzene rings is 1. The number of para-hydroxylation sites is 1. The van der Waals surface area contributed by atoms with Gasteiger partial charge in [0.1, 0.15) is 11.6 Å². The Morgan fingerprint density at radius 1 is 0.913 bits per heavy atom. The molecule has 0 amide bonds. The molecule has 1 aromatic carbocycles. The van der Waals surface area contributed by atoms with E-state index in [0.29, 0.717) is 11.8 Å². The predicted octanol–water partition coefficient (Wildman–Crippen LogP) is 3.71. The molecule has 23 heavy (non-hydrogen) atoms. The van der Waals surface area contributed by atoms with E-state index in [1.165, 1.54) is 0 Å². The fraction of sp³-hybridized carbons (Fsp3) is 0.167. The molecule has 0 aliphatic heterocycles. The first-order valence-electron chi connectivity index (χ1n) is 7.33. The molecule has 0 fully saturated rings. The summed E-state index contributed by atoms with van der Waals surface area (Å²) in [6, 6.07) is 11.9. The summed E-state index contributed by atoms with van der Waals surface area (Å²) in [6.45, 7) is 2.05. The molecule has 0 saturated carbocycles. The van der Waals surface area contributed by atoms with E-state index in [2.05, 4.69) is 21.9 Å². The Morgan fingerprint density at radius 3 is 2.22 bits per heavy atom. The summed E-state index contributed by atoms with van der Waals surface area (Å²) in [5.41, 5.74) is 3.06. The van der Waals surface area contributed by atoms with Crippen molar-refractivity contribution in [1.29, 1.82) is 0 Å². The summed E-state index contributed by atoms with van der Waals surface area (Å²) < 4.78 is 5.61. The Balaban J connectivity index is 1.82. The number of anilines is 1. The van der Waals surface area contributed by atoms with Gasteiger partial charge < -0.3 is 9.64 Å². The van der Waals surface area contributed by atoms with Gasteiger partial charge in [0.25, 0.3) is 0 Å². The molecular weight excluding hydrogens is 288 g/mol. The molecule has 116 valence electrons. The van der Waals surface area contributed by atoms with Crippen molar-refractivity contribution >= 4 is 5.82 Å². The maximum Gasteiger partial charge on any atom is 0.321 e. The molecule has 5 nitrogen and oxygen atoms in total. The Bertz CT molecular complexity index is 786. The second-order valence-corrected chi connectivity index (χ2v) is 5.42. The zero-order chi connectivity index (χ0) is 16.2. The lowest BCUT2D eigenvalue weighted by atomic mass is 10.1. The van der Waals surface area contributed by atoms with E-state index in [9.17, 15) is 0 Å². The average Bonchev–Trinajstić information content (AvgIpc) is 2.56. The minimum absolute atomic E-state index is 0.329. The monoisotopic (exact) mass is 306 g/mol. The first-order valence-corrected chi connectivity index (χ1v) is 7.33. The minimum Gasteiger partial charge on any atom is -0.424 e. The highest BCUT2D eigenvalue weighted by Crippen LogP contribution is 2.25. The SMILES string of the molecule is Cc1cc(N(C)C)ncc1-c1cnc(Oc2ccccc2)nc1. The lowest BCUT2D eigenvalue weighted by molar-refractivity contribution is 0.442. The van der Waals surface area contributed by atoms with Crippen LogP contribution in [0, 0.1) is 6.92 Å². The largest absolute Gasteiger partial charge is 0.424 e. The van der Waals surface area contributed by atoms with Crippen LogP contribution in [0.3, 0.4) is 0 Å². The summed E-state index contributed by atoms with van der Waals surface area (Å²) in [6.07, 6.45) is 5.36. The number of nitrogens with zero attached hydrogens (tertiary/aromatic N) is 4. The molecule has 0 N–H and O–H groups in total. The molecule has 2 aromatic heterocycles. The molecule has 0 radical (unpaired) electrons. The predicted molar refractivity (Wildman–Crippen MR) is 90.8 cm³/mol. The zero-order valence-electron chi connectivity index (χ0n) is 13.4. The van der Waals surface area contributed by atoms with Crippen LogP contribution in [-0.2, 0) is 0 Å². The van der Waals surface area contributed by atoms with Gasteiger partial charge in [-0.3, -0.25) is 0 Å². The maximum atomic E-state index is 5.61. The standard InChI is InChI=1S/C18H18N4O/c1-13-9-17(22(2)3)19-12-16(13)14-10-20-18(21-11-14)23-15-7-5-4-6-8-15/h4-12H,1-3H3. The van der Waals surface area contributed by atoms with Gasteiger partial charge in [-0.15, -0.1) is 0 Å². The molecule has 0 atom stereocenters. The highest BCUT2D eigenvalue weighted by Gasteiger charge is 2.07. The fourth-order valence-electron chi connectivity index (χ4n) is 2.19. The van der Waals surface area contributed by atoms with Crippen LogP contribution in [-0.4, -0.2) is 29.0 Å². The lowest BCUT2D eigenvalue weighted by Crippen LogP contribution is -2.10. The van der Waals surface area contributed by atoms with Crippen molar-refractivity contribution in [2.75, 3.05) is 19.0 Å². The topological polar surface area (TPSA) is 51.1 Å². The Kier molecular flexibility index (Phi) is 4.19. The van der Waals surface area contributed by atoms with Gasteiger partial charge in [0, 0.05) is 43.8 Å². The van der Waals surface area contributed by atoms with Gasteiger partial charge in [-0.05, 0) is 30.7 Å². The number of hydrogen-bond donors (Lipinski definition) is 0. The molecule has 2 heterocycles. The molecule has 3 rings (SSSR count). The van der Waals surface area contributed by atoms with Crippen LogP contribution in [0.4, 0.5) is 5.82 Å². The van der Waals surface area contributed by atoms with E-state index in [0.717, 1.165) is 22.5 Å². The third-order valence-electron chi connectivity index (χ3n) is 3.45. The van der Waals surface area contributed by atoms with Crippen LogP contribution in [0.1, 0.15) is 5.56 Å². The van der Waals surface area contributed by atoms with Gasteiger partial charge in [0.2, 0.25) is 0 Å². The van der Waals surface area contributed by atoms with E-state index in [4.69, 9.17) is 4.74 Å². The highest BCUT2D eigenvalue weighted by atomic mass is 16.5. The van der Waals surface area contributed by atoms with Crippen LogP contribution in [0.2, 0.25) is 0 Å². The van der Waals surface area contributed by atoms with Gasteiger partial charge in [-0.25, -0.2) is 15.0 Å². The van der Waals surface area contributed by atoms with Crippen LogP contribution in [0.15, 0.2) is 55.0 Å². The summed E-state index contributed by atoms with van der Waals surface area (Å²) in [5.74, 6) is 1.64. The van der Waals surface area contributed by atoms with E-state index in [-0.39, 0.29) is 0 Å². The number of hydrogen-bond acceptors (Lipinski definition) is 5. The molecule has 0 aliphatic rings. The Labute approximate surface area is 135 Å². The number of pyridine rings is 1. The number of aromatic nitrogens is 3. The van der Waals surface area contributed by atoms with E-state index in [1.54, 1.807) is 12.4 Å². The third-order valence-corrected chi connectivity index (χ3v) is 3.45. The minimum atomic E-state index is 0.329. The molecule has 5 heteroatoms. The normalized spacial score (nSPS) is 10.4. The number of rotatable bonds is 4. The Hall–Kier alpha value is -2.95. The molecule has 0 saturated heterocycles. The Morgan fingerprint density at radius 2 is 1.61 bits per heavy atom. The summed E-state index contributed by atoms with van der Waals surface area (Å²) >= 11 is 0. The lowest BCUT2D eigenvalue weighted by Gasteiger charge is -2.13. The number of aryl methyl sites for hydroxylation is 1. The summed E-state index contributed by atoms with van der Waals surface area (Å²) in [5, 5.41) is 0. The van der Waals surface area contributed by atoms with Crippen LogP contribution >= 0.6 is 0 Å². The van der Waals surface area contributed by atoms with Crippen molar-refractivity contribution in [1.82, 2.24) is 15.0 Å². The quantitative estimate of drug-likeness (QED) is 0.735. The average molecular weight is 306 g/mol. The highest BCUT2D eigenvalue weighted by molar-refractivity contribution is 5.66. The maximum absolute atomic E-state index is 5.61. The van der Waals surface area contributed by atoms with Crippen LogP contribution in [0.25, 0.3) is 11.1 Å². The molecule has 3 aromatic rings. The van der Waals surface area contributed by atoms with Gasteiger partial charge in [-0.1, -0.05) is 18.2 Å². The van der Waals surface area contributed by atoms with Crippen molar-refractivity contribution in [2.24, 2.45) is 0 Å². The van der Waals surface area contributed by atoms with E-state index >= 15 is 0 Å². The van der Waals surface area contributed by atoms with Crippen molar-refractivity contribution in [3.8, 4) is 22.9 Å². The van der Waals surface area contributed by atoms with Gasteiger partial charge >= 0.3 is 6.01 Å². The fourth-order valence-corrected chi connectivity index (χ4v) is 2.19. The van der Waals surface area contributed by atoms with Gasteiger partial charge in [-0.2, -0.15) is 0 Å². The molecule has 0 bridgehead atoms. The zero-order valence-corrected chi connectivity index (χ0v) is 13.4. The van der Waals surface area contributed by atoms with Crippen molar-refractivity contribution in [3.05, 3.63) is 60.6 Å². The van der Waals surface area contributed by atoms with Gasteiger partial charge in [0.05, 0.1) is 0 Å². The van der Waals surface area contributed by atoms with Crippen molar-refractivity contribution in [2.45, 2.75) is 6.92 Å². The van der Waals surface area contributed by atoms with Gasteiger partial charge in [0.15, 0.2) is 0 Å². The first-order chi connectivity index (χ1) is 11.1. The van der Waals surface area contributed by atoms with Crippen molar-refractivity contribution in [3.63, 3.8) is 0 Å². The summed E-state index contributed by atoms with van der Waals surface area (Å²) in [7, 11) is 3.94. The first kappa shape index (κ1) is 15.0. The second kappa shape index (κ2) is 6.44. The van der Waals surface area contributed by atoms with E-state index < -0.39 is 0 Å². The summed E-state index contributed by atoms with van der Waals surface area (Å²) in [4.78, 5) is 15.0. The molecule has 0 aliphatic carbocycles. The second-order valence-electron chi connectivity index (χ2n) is 5.42.